The van der Waals surface area contributed by atoms with E-state index in [0.717, 1.165) is 23.2 Å². The number of anilines is 3. The number of aromatic nitrogens is 4. The summed E-state index contributed by atoms with van der Waals surface area (Å²) < 4.78 is 1.11. The van der Waals surface area contributed by atoms with Crippen molar-refractivity contribution >= 4 is 51.6 Å². The Morgan fingerprint density at radius 2 is 1.97 bits per heavy atom. The standard InChI is InChI=1S/C21H17Cl2N7O/c1-29-8-7-11-5-6-12(9-16(11)29)26-20-25-10-13-18(24)30(21(31)28-19(13)27-20)17-14(22)3-2-4-15(17)23/h2-6,9-10,24H,7-8H2,1H3,(H2,25,26,27,28,31). The first-order valence-corrected chi connectivity index (χ1v) is 10.3. The molecule has 1 aliphatic heterocycles. The van der Waals surface area contributed by atoms with Crippen molar-refractivity contribution in [2.24, 2.45) is 0 Å². The van der Waals surface area contributed by atoms with Crippen molar-refractivity contribution < 1.29 is 0 Å². The molecular formula is C21H17Cl2N7O. The van der Waals surface area contributed by atoms with Gasteiger partial charge in [0.05, 0.1) is 21.1 Å². The first-order chi connectivity index (χ1) is 14.9. The van der Waals surface area contributed by atoms with Crippen molar-refractivity contribution in [2.45, 2.75) is 6.42 Å². The van der Waals surface area contributed by atoms with E-state index >= 15 is 0 Å². The molecule has 0 atom stereocenters. The lowest BCUT2D eigenvalue weighted by molar-refractivity contribution is 0.854. The maximum Gasteiger partial charge on any atom is 0.333 e. The van der Waals surface area contributed by atoms with Crippen LogP contribution in [-0.2, 0) is 6.42 Å². The van der Waals surface area contributed by atoms with Gasteiger partial charge in [0, 0.05) is 31.2 Å². The van der Waals surface area contributed by atoms with Crippen LogP contribution in [0.1, 0.15) is 5.56 Å². The number of hydrogen-bond donors (Lipinski definition) is 3. The maximum atomic E-state index is 12.8. The number of aromatic amines is 1. The molecule has 5 rings (SSSR count). The first-order valence-electron chi connectivity index (χ1n) is 9.54. The number of para-hydroxylation sites is 1. The fourth-order valence-electron chi connectivity index (χ4n) is 3.75. The summed E-state index contributed by atoms with van der Waals surface area (Å²) in [7, 11) is 2.06. The summed E-state index contributed by atoms with van der Waals surface area (Å²) in [5, 5.41) is 12.6. The van der Waals surface area contributed by atoms with Crippen LogP contribution in [0, 0.1) is 5.41 Å². The summed E-state index contributed by atoms with van der Waals surface area (Å²) in [4.78, 5) is 26.4. The van der Waals surface area contributed by atoms with Gasteiger partial charge in [0.2, 0.25) is 5.95 Å². The molecular weight excluding hydrogens is 437 g/mol. The summed E-state index contributed by atoms with van der Waals surface area (Å²) in [5.41, 5.74) is 3.11. The molecule has 31 heavy (non-hydrogen) atoms. The summed E-state index contributed by atoms with van der Waals surface area (Å²) >= 11 is 12.5. The van der Waals surface area contributed by atoms with Gasteiger partial charge in [-0.2, -0.15) is 4.98 Å². The van der Waals surface area contributed by atoms with Crippen molar-refractivity contribution in [2.75, 3.05) is 23.8 Å². The Bertz CT molecular complexity index is 1440. The molecule has 10 heteroatoms. The summed E-state index contributed by atoms with van der Waals surface area (Å²) in [6.07, 6.45) is 2.52. The van der Waals surface area contributed by atoms with Gasteiger partial charge in [-0.05, 0) is 36.2 Å². The van der Waals surface area contributed by atoms with Crippen LogP contribution in [-0.4, -0.2) is 33.1 Å². The van der Waals surface area contributed by atoms with Crippen molar-refractivity contribution in [3.05, 3.63) is 74.2 Å². The van der Waals surface area contributed by atoms with Crippen LogP contribution < -0.4 is 21.4 Å². The molecule has 156 valence electrons. The Morgan fingerprint density at radius 1 is 1.19 bits per heavy atom. The van der Waals surface area contributed by atoms with Crippen LogP contribution in [0.3, 0.4) is 0 Å². The molecule has 1 aliphatic rings. The molecule has 0 radical (unpaired) electrons. The highest BCUT2D eigenvalue weighted by Gasteiger charge is 2.17. The van der Waals surface area contributed by atoms with Crippen molar-refractivity contribution in [3.63, 3.8) is 0 Å². The number of fused-ring (bicyclic) bond motifs is 2. The fraction of sp³-hybridized carbons (Fsp3) is 0.143. The lowest BCUT2D eigenvalue weighted by Crippen LogP contribution is -2.34. The second-order valence-electron chi connectivity index (χ2n) is 7.28. The van der Waals surface area contributed by atoms with E-state index in [1.165, 1.54) is 17.4 Å². The third-order valence-corrected chi connectivity index (χ3v) is 5.94. The van der Waals surface area contributed by atoms with Gasteiger partial charge in [0.25, 0.3) is 0 Å². The summed E-state index contributed by atoms with van der Waals surface area (Å²) in [5.74, 6) is 0.316. The zero-order valence-corrected chi connectivity index (χ0v) is 17.9. The molecule has 3 heterocycles. The predicted molar refractivity (Wildman–Crippen MR) is 122 cm³/mol. The molecule has 0 amide bonds. The minimum atomic E-state index is -0.573. The zero-order chi connectivity index (χ0) is 21.7. The topological polar surface area (TPSA) is 103 Å². The number of benzene rings is 2. The number of nitrogens with one attached hydrogen (secondary N) is 3. The van der Waals surface area contributed by atoms with Gasteiger partial charge in [-0.1, -0.05) is 35.3 Å². The molecule has 2 aromatic heterocycles. The first kappa shape index (κ1) is 19.6. The Kier molecular flexibility index (Phi) is 4.68. The average molecular weight is 454 g/mol. The van der Waals surface area contributed by atoms with Gasteiger partial charge in [-0.3, -0.25) is 10.4 Å². The molecule has 0 fully saturated rings. The average Bonchev–Trinajstić information content (AvgIpc) is 3.10. The quantitative estimate of drug-likeness (QED) is 0.439. The summed E-state index contributed by atoms with van der Waals surface area (Å²) in [6.45, 7) is 0.994. The van der Waals surface area contributed by atoms with E-state index in [1.54, 1.807) is 18.2 Å². The van der Waals surface area contributed by atoms with Crippen LogP contribution >= 0.6 is 23.2 Å². The highest BCUT2D eigenvalue weighted by Crippen LogP contribution is 2.30. The Labute approximate surface area is 186 Å². The van der Waals surface area contributed by atoms with Crippen molar-refractivity contribution in [3.8, 4) is 5.69 Å². The number of likely N-dealkylation sites (N-methyl/N-ethyl adjacent to an activating group) is 1. The number of halogens is 2. The molecule has 0 unspecified atom stereocenters. The second-order valence-corrected chi connectivity index (χ2v) is 8.09. The van der Waals surface area contributed by atoms with E-state index < -0.39 is 5.69 Å². The van der Waals surface area contributed by atoms with Gasteiger partial charge in [0.1, 0.15) is 5.49 Å². The molecule has 0 saturated carbocycles. The van der Waals surface area contributed by atoms with Crippen LogP contribution in [0.5, 0.6) is 0 Å². The van der Waals surface area contributed by atoms with Gasteiger partial charge in [-0.25, -0.2) is 14.3 Å². The highest BCUT2D eigenvalue weighted by molar-refractivity contribution is 6.37. The third kappa shape index (κ3) is 3.34. The van der Waals surface area contributed by atoms with E-state index in [0.29, 0.717) is 11.3 Å². The second kappa shape index (κ2) is 7.40. The Balaban J connectivity index is 1.57. The van der Waals surface area contributed by atoms with E-state index in [9.17, 15) is 4.79 Å². The maximum absolute atomic E-state index is 12.8. The largest absolute Gasteiger partial charge is 0.374 e. The van der Waals surface area contributed by atoms with Crippen LogP contribution in [0.4, 0.5) is 17.3 Å². The molecule has 0 bridgehead atoms. The van der Waals surface area contributed by atoms with Crippen LogP contribution in [0.2, 0.25) is 10.0 Å². The number of H-pyrrole nitrogens is 1. The van der Waals surface area contributed by atoms with E-state index in [2.05, 4.69) is 38.3 Å². The molecule has 0 aliphatic carbocycles. The molecule has 0 saturated heterocycles. The van der Waals surface area contributed by atoms with Crippen molar-refractivity contribution in [1.29, 1.82) is 5.41 Å². The van der Waals surface area contributed by atoms with Gasteiger partial charge < -0.3 is 10.2 Å². The van der Waals surface area contributed by atoms with Crippen LogP contribution in [0.15, 0.2) is 47.4 Å². The lowest BCUT2D eigenvalue weighted by atomic mass is 10.1. The van der Waals surface area contributed by atoms with E-state index in [4.69, 9.17) is 28.6 Å². The minimum absolute atomic E-state index is 0.112. The predicted octanol–water partition coefficient (Wildman–Crippen LogP) is 3.63. The highest BCUT2D eigenvalue weighted by atomic mass is 35.5. The Hall–Kier alpha value is -3.36. The van der Waals surface area contributed by atoms with Crippen molar-refractivity contribution in [1.82, 2.24) is 19.5 Å². The monoisotopic (exact) mass is 453 g/mol. The molecule has 3 N–H and O–H groups in total. The lowest BCUT2D eigenvalue weighted by Gasteiger charge is -2.14. The van der Waals surface area contributed by atoms with Crippen LogP contribution in [0.25, 0.3) is 16.7 Å². The zero-order valence-electron chi connectivity index (χ0n) is 16.4. The van der Waals surface area contributed by atoms with Gasteiger partial charge >= 0.3 is 5.69 Å². The number of nitrogens with zero attached hydrogens (tertiary/aromatic N) is 4. The molecule has 2 aromatic carbocycles. The third-order valence-electron chi connectivity index (χ3n) is 5.33. The molecule has 4 aromatic rings. The Morgan fingerprint density at radius 3 is 2.74 bits per heavy atom. The smallest absolute Gasteiger partial charge is 0.333 e. The normalized spacial score (nSPS) is 12.9. The minimum Gasteiger partial charge on any atom is -0.374 e. The number of rotatable bonds is 3. The molecule has 0 spiro atoms. The number of hydrogen-bond acceptors (Lipinski definition) is 6. The SMILES string of the molecule is CN1CCc2ccc(Nc3ncc4c(=N)n(-c5c(Cl)cccc5Cl)c(=O)[nH]c4n3)cc21. The van der Waals surface area contributed by atoms with Gasteiger partial charge in [-0.15, -0.1) is 0 Å². The fourth-order valence-corrected chi connectivity index (χ4v) is 4.32. The van der Waals surface area contributed by atoms with Gasteiger partial charge in [0.15, 0.2) is 5.65 Å². The summed E-state index contributed by atoms with van der Waals surface area (Å²) in [6, 6.07) is 11.0. The van der Waals surface area contributed by atoms with E-state index in [-0.39, 0.29) is 26.9 Å². The molecule has 8 nitrogen and oxygen atoms in total. The van der Waals surface area contributed by atoms with E-state index in [1.807, 2.05) is 12.1 Å².